The number of benzene rings is 2. The number of amides is 2. The smallest absolute Gasteiger partial charge is 0.412 e. The average Bonchev–Trinajstić information content (AvgIpc) is 3.21. The van der Waals surface area contributed by atoms with Crippen LogP contribution < -0.4 is 15.4 Å². The Morgan fingerprint density at radius 2 is 1.76 bits per heavy atom. The SMILES string of the molecule is COc1ncc(-c2cccc(NC(=O)OC(C)(C)C)c2)c2sc(NC(=O)c3ccccc3)nc12. The Labute approximate surface area is 201 Å². The highest BCUT2D eigenvalue weighted by Crippen LogP contribution is 2.39. The monoisotopic (exact) mass is 476 g/mol. The first-order chi connectivity index (χ1) is 16.2. The lowest BCUT2D eigenvalue weighted by Gasteiger charge is -2.19. The Kier molecular flexibility index (Phi) is 6.47. The number of hydrogen-bond acceptors (Lipinski definition) is 7. The maximum Gasteiger partial charge on any atom is 0.412 e. The van der Waals surface area contributed by atoms with Crippen molar-refractivity contribution in [1.29, 1.82) is 0 Å². The average molecular weight is 477 g/mol. The van der Waals surface area contributed by atoms with Crippen LogP contribution in [0.4, 0.5) is 15.6 Å². The second-order valence-corrected chi connectivity index (χ2v) is 9.40. The first-order valence-electron chi connectivity index (χ1n) is 10.5. The summed E-state index contributed by atoms with van der Waals surface area (Å²) >= 11 is 1.32. The molecule has 0 radical (unpaired) electrons. The van der Waals surface area contributed by atoms with Gasteiger partial charge in [0.15, 0.2) is 5.13 Å². The quantitative estimate of drug-likeness (QED) is 0.368. The van der Waals surface area contributed by atoms with Gasteiger partial charge >= 0.3 is 6.09 Å². The van der Waals surface area contributed by atoms with E-state index >= 15 is 0 Å². The number of thiazole rings is 1. The molecule has 34 heavy (non-hydrogen) atoms. The molecule has 4 aromatic rings. The summed E-state index contributed by atoms with van der Waals surface area (Å²) < 4.78 is 11.5. The summed E-state index contributed by atoms with van der Waals surface area (Å²) in [6.07, 6.45) is 1.15. The summed E-state index contributed by atoms with van der Waals surface area (Å²) in [5.41, 5.74) is 2.67. The van der Waals surface area contributed by atoms with E-state index in [1.165, 1.54) is 18.4 Å². The number of nitrogens with zero attached hydrogens (tertiary/aromatic N) is 2. The van der Waals surface area contributed by atoms with E-state index in [1.807, 2.05) is 24.3 Å². The van der Waals surface area contributed by atoms with Gasteiger partial charge in [-0.25, -0.2) is 14.8 Å². The van der Waals surface area contributed by atoms with Crippen molar-refractivity contribution < 1.29 is 19.1 Å². The van der Waals surface area contributed by atoms with Crippen LogP contribution in [0.1, 0.15) is 31.1 Å². The first-order valence-corrected chi connectivity index (χ1v) is 11.4. The second kappa shape index (κ2) is 9.48. The molecular weight excluding hydrogens is 452 g/mol. The minimum atomic E-state index is -0.600. The third-order valence-electron chi connectivity index (χ3n) is 4.65. The largest absolute Gasteiger partial charge is 0.479 e. The number of methoxy groups -OCH3 is 1. The Morgan fingerprint density at radius 3 is 2.47 bits per heavy atom. The van der Waals surface area contributed by atoms with E-state index in [9.17, 15) is 9.59 Å². The van der Waals surface area contributed by atoms with E-state index in [4.69, 9.17) is 9.47 Å². The van der Waals surface area contributed by atoms with Crippen molar-refractivity contribution in [1.82, 2.24) is 9.97 Å². The minimum absolute atomic E-state index is 0.253. The number of nitrogens with one attached hydrogen (secondary N) is 2. The molecule has 2 heterocycles. The van der Waals surface area contributed by atoms with Crippen LogP contribution in [0, 0.1) is 0 Å². The van der Waals surface area contributed by atoms with Gasteiger partial charge in [-0.2, -0.15) is 0 Å². The molecule has 8 nitrogen and oxygen atoms in total. The molecule has 0 spiro atoms. The maximum absolute atomic E-state index is 12.6. The first kappa shape index (κ1) is 23.2. The van der Waals surface area contributed by atoms with Gasteiger partial charge in [0.2, 0.25) is 5.88 Å². The van der Waals surface area contributed by atoms with Crippen molar-refractivity contribution in [2.24, 2.45) is 0 Å². The molecular formula is C25H24N4O4S. The topological polar surface area (TPSA) is 102 Å². The molecule has 0 unspecified atom stereocenters. The van der Waals surface area contributed by atoms with Crippen LogP contribution in [0.2, 0.25) is 0 Å². The number of hydrogen-bond donors (Lipinski definition) is 2. The van der Waals surface area contributed by atoms with Gasteiger partial charge in [0.05, 0.1) is 11.8 Å². The lowest BCUT2D eigenvalue weighted by atomic mass is 10.1. The van der Waals surface area contributed by atoms with Crippen molar-refractivity contribution in [3.63, 3.8) is 0 Å². The van der Waals surface area contributed by atoms with Gasteiger partial charge in [-0.15, -0.1) is 0 Å². The van der Waals surface area contributed by atoms with E-state index in [0.717, 1.165) is 15.8 Å². The summed E-state index contributed by atoms with van der Waals surface area (Å²) in [6, 6.07) is 16.3. The van der Waals surface area contributed by atoms with Crippen molar-refractivity contribution in [3.8, 4) is 17.0 Å². The van der Waals surface area contributed by atoms with Crippen molar-refractivity contribution in [3.05, 3.63) is 66.4 Å². The molecule has 174 valence electrons. The Hall–Kier alpha value is -3.98. The Bertz CT molecular complexity index is 1350. The molecule has 4 rings (SSSR count). The zero-order chi connectivity index (χ0) is 24.3. The predicted octanol–water partition coefficient (Wildman–Crippen LogP) is 5.97. The number of aromatic nitrogens is 2. The zero-order valence-corrected chi connectivity index (χ0v) is 20.0. The van der Waals surface area contributed by atoms with Crippen LogP contribution in [-0.2, 0) is 4.74 Å². The summed E-state index contributed by atoms with van der Waals surface area (Å²) in [5.74, 6) is 0.106. The van der Waals surface area contributed by atoms with Crippen LogP contribution >= 0.6 is 11.3 Å². The fourth-order valence-corrected chi connectivity index (χ4v) is 4.23. The summed E-state index contributed by atoms with van der Waals surface area (Å²) in [5, 5.41) is 6.03. The third-order valence-corrected chi connectivity index (χ3v) is 5.66. The van der Waals surface area contributed by atoms with Crippen LogP contribution in [0.15, 0.2) is 60.8 Å². The normalized spacial score (nSPS) is 11.2. The fourth-order valence-electron chi connectivity index (χ4n) is 3.24. The van der Waals surface area contributed by atoms with E-state index in [0.29, 0.717) is 27.8 Å². The van der Waals surface area contributed by atoms with Gasteiger partial charge in [0, 0.05) is 23.0 Å². The number of fused-ring (bicyclic) bond motifs is 1. The molecule has 0 atom stereocenters. The molecule has 0 saturated carbocycles. The molecule has 2 aromatic carbocycles. The van der Waals surface area contributed by atoms with Gasteiger partial charge in [-0.3, -0.25) is 15.4 Å². The molecule has 9 heteroatoms. The van der Waals surface area contributed by atoms with Gasteiger partial charge in [0.25, 0.3) is 5.91 Å². The summed E-state index contributed by atoms with van der Waals surface area (Å²) in [4.78, 5) is 33.7. The number of pyridine rings is 1. The molecule has 2 amide bonds. The number of ether oxygens (including phenoxy) is 2. The van der Waals surface area contributed by atoms with E-state index in [-0.39, 0.29) is 5.91 Å². The third kappa shape index (κ3) is 5.32. The highest BCUT2D eigenvalue weighted by molar-refractivity contribution is 7.23. The van der Waals surface area contributed by atoms with Crippen LogP contribution in [-0.4, -0.2) is 34.7 Å². The standard InChI is InChI=1S/C25H24N4O4S/c1-25(2,3)33-24(31)27-17-12-8-11-16(13-17)18-14-26-22(32-4)19-20(18)34-23(28-19)29-21(30)15-9-6-5-7-10-15/h5-14H,1-4H3,(H,27,31)(H,28,29,30). The highest BCUT2D eigenvalue weighted by atomic mass is 32.1. The van der Waals surface area contributed by atoms with Gasteiger partial charge in [-0.1, -0.05) is 41.7 Å². The molecule has 2 N–H and O–H groups in total. The molecule has 0 fully saturated rings. The highest BCUT2D eigenvalue weighted by Gasteiger charge is 2.19. The number of carbonyl (C=O) groups excluding carboxylic acids is 2. The van der Waals surface area contributed by atoms with Crippen LogP contribution in [0.25, 0.3) is 21.3 Å². The van der Waals surface area contributed by atoms with Crippen LogP contribution in [0.3, 0.4) is 0 Å². The summed E-state index contributed by atoms with van der Waals surface area (Å²) in [7, 11) is 1.52. The molecule has 0 bridgehead atoms. The molecule has 0 aliphatic carbocycles. The summed E-state index contributed by atoms with van der Waals surface area (Å²) in [6.45, 7) is 5.42. The molecule has 2 aromatic heterocycles. The van der Waals surface area contributed by atoms with E-state index < -0.39 is 11.7 Å². The van der Waals surface area contributed by atoms with Crippen LogP contribution in [0.5, 0.6) is 5.88 Å². The second-order valence-electron chi connectivity index (χ2n) is 8.41. The minimum Gasteiger partial charge on any atom is -0.479 e. The Balaban J connectivity index is 1.67. The van der Waals surface area contributed by atoms with Gasteiger partial charge in [-0.05, 0) is 50.6 Å². The molecule has 0 aliphatic heterocycles. The zero-order valence-electron chi connectivity index (χ0n) is 19.2. The molecule has 0 saturated heterocycles. The number of rotatable bonds is 5. The number of anilines is 2. The van der Waals surface area contributed by atoms with Crippen molar-refractivity contribution in [2.75, 3.05) is 17.7 Å². The number of carbonyl (C=O) groups is 2. The van der Waals surface area contributed by atoms with Crippen molar-refractivity contribution >= 4 is 44.4 Å². The van der Waals surface area contributed by atoms with E-state index in [1.54, 1.807) is 57.3 Å². The Morgan fingerprint density at radius 1 is 1.00 bits per heavy atom. The fraction of sp³-hybridized carbons (Fsp3) is 0.200. The van der Waals surface area contributed by atoms with Gasteiger partial charge < -0.3 is 9.47 Å². The van der Waals surface area contributed by atoms with E-state index in [2.05, 4.69) is 20.6 Å². The maximum atomic E-state index is 12.6. The lowest BCUT2D eigenvalue weighted by Crippen LogP contribution is -2.27. The molecule has 0 aliphatic rings. The van der Waals surface area contributed by atoms with Crippen molar-refractivity contribution in [2.45, 2.75) is 26.4 Å². The predicted molar refractivity (Wildman–Crippen MR) is 134 cm³/mol. The lowest BCUT2D eigenvalue weighted by molar-refractivity contribution is 0.0635. The van der Waals surface area contributed by atoms with Gasteiger partial charge in [0.1, 0.15) is 11.1 Å².